The minimum absolute atomic E-state index is 0.226. The van der Waals surface area contributed by atoms with E-state index in [1.807, 2.05) is 0 Å². The van der Waals surface area contributed by atoms with E-state index in [1.54, 1.807) is 0 Å². The first-order valence-corrected chi connectivity index (χ1v) is 5.12. The molecule has 0 amide bonds. The Morgan fingerprint density at radius 2 is 1.57 bits per heavy atom. The van der Waals surface area contributed by atoms with Crippen molar-refractivity contribution in [1.82, 2.24) is 0 Å². The molecule has 0 fully saturated rings. The van der Waals surface area contributed by atoms with Crippen molar-refractivity contribution in [3.05, 3.63) is 28.2 Å². The lowest BCUT2D eigenvalue weighted by molar-refractivity contribution is 0.285. The van der Waals surface area contributed by atoms with Gasteiger partial charge in [0.25, 0.3) is 0 Å². The summed E-state index contributed by atoms with van der Waals surface area (Å²) in [6.45, 7) is 0. The van der Waals surface area contributed by atoms with Gasteiger partial charge in [-0.25, -0.2) is 8.78 Å². The lowest BCUT2D eigenvalue weighted by Crippen LogP contribution is -2.14. The highest BCUT2D eigenvalue weighted by Gasteiger charge is 2.26. The monoisotopic (exact) mass is 324 g/mol. The van der Waals surface area contributed by atoms with Crippen molar-refractivity contribution >= 4 is 50.7 Å². The molecule has 0 radical (unpaired) electrons. The summed E-state index contributed by atoms with van der Waals surface area (Å²) in [7, 11) is 0. The molecule has 0 spiro atoms. The highest BCUT2D eigenvalue weighted by atomic mass is 79.9. The fraction of sp³-hybridized carbons (Fsp3) is 0.143. The first-order chi connectivity index (χ1) is 6.29. The Kier molecular flexibility index (Phi) is 3.86. The van der Waals surface area contributed by atoms with E-state index in [-0.39, 0.29) is 4.47 Å². The quantitative estimate of drug-likeness (QED) is 0.694. The lowest BCUT2D eigenvalue weighted by atomic mass is 10.3. The van der Waals surface area contributed by atoms with Gasteiger partial charge in [-0.15, -0.1) is 0 Å². The van der Waals surface area contributed by atoms with Crippen LogP contribution in [0.5, 0.6) is 5.75 Å². The van der Waals surface area contributed by atoms with Gasteiger partial charge in [0.05, 0.1) is 0 Å². The van der Waals surface area contributed by atoms with E-state index in [1.165, 1.54) is 0 Å². The van der Waals surface area contributed by atoms with Gasteiger partial charge in [0, 0.05) is 4.47 Å². The Labute approximate surface area is 102 Å². The third kappa shape index (κ3) is 3.42. The minimum Gasteiger partial charge on any atom is -0.439 e. The molecule has 1 nitrogen and oxygen atoms in total. The molecule has 0 saturated carbocycles. The molecule has 0 N–H and O–H groups in total. The van der Waals surface area contributed by atoms with Gasteiger partial charge < -0.3 is 4.74 Å². The normalized spacial score (nSPS) is 11.6. The van der Waals surface area contributed by atoms with Gasteiger partial charge in [-0.1, -0.05) is 15.9 Å². The SMILES string of the molecule is Fc1cc(Br)cc(F)c1OC(Cl)(Cl)Cl. The standard InChI is InChI=1S/C7H2BrCl3F2O/c8-3-1-4(12)6(5(13)2-3)14-7(9,10)11/h1-2H. The molecule has 0 aromatic heterocycles. The third-order valence-corrected chi connectivity index (χ3v) is 1.87. The number of hydrogen-bond donors (Lipinski definition) is 0. The fourth-order valence-electron chi connectivity index (χ4n) is 0.742. The molecule has 0 saturated heterocycles. The summed E-state index contributed by atoms with van der Waals surface area (Å²) in [6, 6.07) is 1.99. The largest absolute Gasteiger partial charge is 0.439 e. The van der Waals surface area contributed by atoms with Crippen molar-refractivity contribution in [3.63, 3.8) is 0 Å². The third-order valence-electron chi connectivity index (χ3n) is 1.18. The zero-order chi connectivity index (χ0) is 10.9. The molecule has 0 aliphatic carbocycles. The Morgan fingerprint density at radius 3 is 1.93 bits per heavy atom. The molecule has 0 bridgehead atoms. The van der Waals surface area contributed by atoms with E-state index in [0.29, 0.717) is 0 Å². The Hall–Kier alpha value is 0.230. The van der Waals surface area contributed by atoms with E-state index >= 15 is 0 Å². The highest BCUT2D eigenvalue weighted by molar-refractivity contribution is 9.10. The van der Waals surface area contributed by atoms with Gasteiger partial charge >= 0.3 is 3.98 Å². The molecule has 1 aromatic carbocycles. The molecule has 14 heavy (non-hydrogen) atoms. The Morgan fingerprint density at radius 1 is 1.14 bits per heavy atom. The molecule has 78 valence electrons. The van der Waals surface area contributed by atoms with Crippen LogP contribution in [0.25, 0.3) is 0 Å². The van der Waals surface area contributed by atoms with E-state index in [4.69, 9.17) is 34.8 Å². The van der Waals surface area contributed by atoms with Gasteiger partial charge in [0.2, 0.25) is 0 Å². The maximum absolute atomic E-state index is 13.1. The topological polar surface area (TPSA) is 9.23 Å². The smallest absolute Gasteiger partial charge is 0.338 e. The van der Waals surface area contributed by atoms with Crippen LogP contribution in [0.4, 0.5) is 8.78 Å². The number of alkyl halides is 3. The predicted molar refractivity (Wildman–Crippen MR) is 55.0 cm³/mol. The van der Waals surface area contributed by atoms with Gasteiger partial charge in [-0.2, -0.15) is 0 Å². The molecule has 1 aromatic rings. The van der Waals surface area contributed by atoms with Crippen LogP contribution >= 0.6 is 50.7 Å². The average molecular weight is 326 g/mol. The summed E-state index contributed by atoms with van der Waals surface area (Å²) < 4.78 is 28.6. The van der Waals surface area contributed by atoms with Gasteiger partial charge in [-0.3, -0.25) is 0 Å². The lowest BCUT2D eigenvalue weighted by Gasteiger charge is -2.14. The second-order valence-electron chi connectivity index (χ2n) is 2.25. The molecular weight excluding hydrogens is 324 g/mol. The van der Waals surface area contributed by atoms with Gasteiger partial charge in [0.15, 0.2) is 17.4 Å². The highest BCUT2D eigenvalue weighted by Crippen LogP contribution is 2.34. The second-order valence-corrected chi connectivity index (χ2v) is 5.34. The maximum Gasteiger partial charge on any atom is 0.338 e. The molecule has 7 heteroatoms. The van der Waals surface area contributed by atoms with Crippen molar-refractivity contribution in [3.8, 4) is 5.75 Å². The second kappa shape index (κ2) is 4.39. The number of ether oxygens (including phenoxy) is 1. The average Bonchev–Trinajstić information content (AvgIpc) is 1.95. The van der Waals surface area contributed by atoms with E-state index in [9.17, 15) is 8.78 Å². The number of halogens is 6. The molecule has 1 rings (SSSR count). The van der Waals surface area contributed by atoms with Crippen LogP contribution in [0, 0.1) is 11.6 Å². The molecule has 0 aliphatic rings. The van der Waals surface area contributed by atoms with Crippen LogP contribution in [0.1, 0.15) is 0 Å². The van der Waals surface area contributed by atoms with Crippen molar-refractivity contribution in [1.29, 1.82) is 0 Å². The van der Waals surface area contributed by atoms with Crippen molar-refractivity contribution in [2.24, 2.45) is 0 Å². The van der Waals surface area contributed by atoms with Crippen molar-refractivity contribution < 1.29 is 13.5 Å². The van der Waals surface area contributed by atoms with Crippen LogP contribution < -0.4 is 4.74 Å². The zero-order valence-corrected chi connectivity index (χ0v) is 10.2. The summed E-state index contributed by atoms with van der Waals surface area (Å²) in [5.41, 5.74) is 0. The van der Waals surface area contributed by atoms with Gasteiger partial charge in [0.1, 0.15) is 0 Å². The number of rotatable bonds is 1. The summed E-state index contributed by atoms with van der Waals surface area (Å²) in [5, 5.41) is 0. The Balaban J connectivity index is 3.09. The van der Waals surface area contributed by atoms with Gasteiger partial charge in [-0.05, 0) is 46.9 Å². The van der Waals surface area contributed by atoms with E-state index < -0.39 is 21.4 Å². The van der Waals surface area contributed by atoms with E-state index in [0.717, 1.165) is 12.1 Å². The molecule has 0 aliphatic heterocycles. The Bertz CT molecular complexity index is 330. The molecule has 0 unspecified atom stereocenters. The van der Waals surface area contributed by atoms with Crippen LogP contribution in [-0.4, -0.2) is 3.98 Å². The van der Waals surface area contributed by atoms with Crippen molar-refractivity contribution in [2.45, 2.75) is 3.98 Å². The minimum atomic E-state index is -2.20. The summed E-state index contributed by atoms with van der Waals surface area (Å²) in [5.74, 6) is -2.64. The first kappa shape index (κ1) is 12.3. The molecular formula is C7H2BrCl3F2O. The maximum atomic E-state index is 13.1. The van der Waals surface area contributed by atoms with Crippen molar-refractivity contribution in [2.75, 3.05) is 0 Å². The van der Waals surface area contributed by atoms with Crippen LogP contribution in [-0.2, 0) is 0 Å². The molecule has 0 atom stereocenters. The zero-order valence-electron chi connectivity index (χ0n) is 6.33. The van der Waals surface area contributed by atoms with E-state index in [2.05, 4.69) is 20.7 Å². The van der Waals surface area contributed by atoms with Crippen LogP contribution in [0.3, 0.4) is 0 Å². The summed E-state index contributed by atoms with van der Waals surface area (Å²) in [4.78, 5) is 0. The summed E-state index contributed by atoms with van der Waals surface area (Å²) >= 11 is 18.5. The first-order valence-electron chi connectivity index (χ1n) is 3.20. The van der Waals surface area contributed by atoms with Crippen LogP contribution in [0.15, 0.2) is 16.6 Å². The fourth-order valence-corrected chi connectivity index (χ4v) is 1.38. The number of hydrogen-bond acceptors (Lipinski definition) is 1. The molecule has 0 heterocycles. The summed E-state index contributed by atoms with van der Waals surface area (Å²) in [6.07, 6.45) is 0. The van der Waals surface area contributed by atoms with Crippen LogP contribution in [0.2, 0.25) is 0 Å². The predicted octanol–water partition coefficient (Wildman–Crippen LogP) is 4.43. The number of benzene rings is 1.